The molecule has 0 amide bonds. The standard InChI is InChI=1S/C11H19ClO2/c1-3-9(2)11(14)10(8-13)6-4-5-7-12/h3,8-11,14H,1,4-7H2,2H3/t9-,10?,11+/m0/s1. The molecule has 0 radical (unpaired) electrons. The van der Waals surface area contributed by atoms with Crippen LogP contribution >= 0.6 is 11.6 Å². The van der Waals surface area contributed by atoms with E-state index in [0.29, 0.717) is 12.3 Å². The Kier molecular flexibility index (Phi) is 7.81. The molecule has 0 aliphatic heterocycles. The summed E-state index contributed by atoms with van der Waals surface area (Å²) in [6, 6.07) is 0. The largest absolute Gasteiger partial charge is 0.392 e. The molecular weight excluding hydrogens is 200 g/mol. The van der Waals surface area contributed by atoms with E-state index < -0.39 is 6.10 Å². The minimum Gasteiger partial charge on any atom is -0.392 e. The number of aliphatic hydroxyl groups excluding tert-OH is 1. The maximum atomic E-state index is 10.7. The van der Waals surface area contributed by atoms with Crippen LogP contribution in [0.15, 0.2) is 12.7 Å². The van der Waals surface area contributed by atoms with Gasteiger partial charge in [-0.05, 0) is 12.8 Å². The minimum absolute atomic E-state index is 0.0406. The number of rotatable bonds is 8. The van der Waals surface area contributed by atoms with Gasteiger partial charge in [0.15, 0.2) is 0 Å². The van der Waals surface area contributed by atoms with E-state index in [1.807, 2.05) is 6.92 Å². The summed E-state index contributed by atoms with van der Waals surface area (Å²) < 4.78 is 0. The van der Waals surface area contributed by atoms with Gasteiger partial charge in [-0.25, -0.2) is 0 Å². The first-order chi connectivity index (χ1) is 6.67. The van der Waals surface area contributed by atoms with E-state index >= 15 is 0 Å². The van der Waals surface area contributed by atoms with Gasteiger partial charge in [0.2, 0.25) is 0 Å². The number of unbranched alkanes of at least 4 members (excludes halogenated alkanes) is 1. The van der Waals surface area contributed by atoms with Crippen LogP contribution in [0, 0.1) is 11.8 Å². The highest BCUT2D eigenvalue weighted by Gasteiger charge is 2.21. The zero-order chi connectivity index (χ0) is 11.0. The Labute approximate surface area is 91.0 Å². The molecule has 0 aliphatic rings. The first kappa shape index (κ1) is 13.7. The second-order valence-electron chi connectivity index (χ2n) is 3.57. The molecule has 0 fully saturated rings. The summed E-state index contributed by atoms with van der Waals surface area (Å²) in [4.78, 5) is 10.7. The van der Waals surface area contributed by atoms with Gasteiger partial charge < -0.3 is 9.90 Å². The number of hydrogen-bond acceptors (Lipinski definition) is 2. The second-order valence-corrected chi connectivity index (χ2v) is 3.95. The van der Waals surface area contributed by atoms with Gasteiger partial charge in [-0.2, -0.15) is 0 Å². The van der Waals surface area contributed by atoms with Crippen LogP contribution in [0.4, 0.5) is 0 Å². The van der Waals surface area contributed by atoms with Crippen molar-refractivity contribution < 1.29 is 9.90 Å². The van der Waals surface area contributed by atoms with Crippen molar-refractivity contribution >= 4 is 17.9 Å². The zero-order valence-electron chi connectivity index (χ0n) is 8.66. The summed E-state index contributed by atoms with van der Waals surface area (Å²) in [6.45, 7) is 5.45. The van der Waals surface area contributed by atoms with E-state index in [4.69, 9.17) is 11.6 Å². The lowest BCUT2D eigenvalue weighted by molar-refractivity contribution is -0.115. The summed E-state index contributed by atoms with van der Waals surface area (Å²) >= 11 is 5.53. The third-order valence-electron chi connectivity index (χ3n) is 2.45. The molecule has 0 aliphatic carbocycles. The Balaban J connectivity index is 3.98. The highest BCUT2D eigenvalue weighted by Crippen LogP contribution is 2.18. The number of alkyl halides is 1. The monoisotopic (exact) mass is 218 g/mol. The predicted molar refractivity (Wildman–Crippen MR) is 59.5 cm³/mol. The van der Waals surface area contributed by atoms with E-state index in [1.54, 1.807) is 6.08 Å². The van der Waals surface area contributed by atoms with Gasteiger partial charge in [-0.15, -0.1) is 18.2 Å². The molecule has 0 aromatic carbocycles. The number of halogens is 1. The van der Waals surface area contributed by atoms with Gasteiger partial charge in [0.05, 0.1) is 6.10 Å². The van der Waals surface area contributed by atoms with Gasteiger partial charge in [0.1, 0.15) is 6.29 Å². The first-order valence-electron chi connectivity index (χ1n) is 4.99. The first-order valence-corrected chi connectivity index (χ1v) is 5.52. The number of aldehydes is 1. The molecule has 0 spiro atoms. The maximum absolute atomic E-state index is 10.7. The van der Waals surface area contributed by atoms with Gasteiger partial charge in [0, 0.05) is 17.7 Å². The van der Waals surface area contributed by atoms with E-state index in [2.05, 4.69) is 6.58 Å². The summed E-state index contributed by atoms with van der Waals surface area (Å²) in [5.41, 5.74) is 0. The maximum Gasteiger partial charge on any atom is 0.125 e. The lowest BCUT2D eigenvalue weighted by atomic mass is 9.89. The van der Waals surface area contributed by atoms with E-state index in [0.717, 1.165) is 19.1 Å². The Bertz CT molecular complexity index is 171. The molecular formula is C11H19ClO2. The van der Waals surface area contributed by atoms with Crippen molar-refractivity contribution in [2.24, 2.45) is 11.8 Å². The summed E-state index contributed by atoms with van der Waals surface area (Å²) in [7, 11) is 0. The SMILES string of the molecule is C=C[C@H](C)[C@@H](O)C(C=O)CCCCCl. The fourth-order valence-corrected chi connectivity index (χ4v) is 1.51. The average Bonchev–Trinajstić information content (AvgIpc) is 2.22. The molecule has 1 unspecified atom stereocenters. The van der Waals surface area contributed by atoms with Crippen LogP contribution in [0.5, 0.6) is 0 Å². The topological polar surface area (TPSA) is 37.3 Å². The molecule has 0 saturated heterocycles. The van der Waals surface area contributed by atoms with Crippen LogP contribution in [0.25, 0.3) is 0 Å². The highest BCUT2D eigenvalue weighted by atomic mass is 35.5. The molecule has 14 heavy (non-hydrogen) atoms. The molecule has 3 atom stereocenters. The quantitative estimate of drug-likeness (QED) is 0.294. The van der Waals surface area contributed by atoms with Crippen molar-refractivity contribution in [3.8, 4) is 0 Å². The van der Waals surface area contributed by atoms with Gasteiger partial charge in [-0.1, -0.05) is 19.4 Å². The average molecular weight is 219 g/mol. The molecule has 2 nitrogen and oxygen atoms in total. The van der Waals surface area contributed by atoms with E-state index in [-0.39, 0.29) is 11.8 Å². The molecule has 1 N–H and O–H groups in total. The van der Waals surface area contributed by atoms with Crippen molar-refractivity contribution in [1.82, 2.24) is 0 Å². The van der Waals surface area contributed by atoms with Crippen molar-refractivity contribution in [2.45, 2.75) is 32.3 Å². The smallest absolute Gasteiger partial charge is 0.125 e. The molecule has 0 bridgehead atoms. The van der Waals surface area contributed by atoms with Crippen LogP contribution < -0.4 is 0 Å². The Morgan fingerprint density at radius 3 is 2.57 bits per heavy atom. The van der Waals surface area contributed by atoms with Crippen LogP contribution in [0.1, 0.15) is 26.2 Å². The lowest BCUT2D eigenvalue weighted by Crippen LogP contribution is -2.27. The Hall–Kier alpha value is -0.340. The second kappa shape index (κ2) is 8.01. The zero-order valence-corrected chi connectivity index (χ0v) is 9.41. The number of hydrogen-bond donors (Lipinski definition) is 1. The van der Waals surface area contributed by atoms with E-state index in [9.17, 15) is 9.90 Å². The Morgan fingerprint density at radius 2 is 2.14 bits per heavy atom. The third kappa shape index (κ3) is 4.77. The van der Waals surface area contributed by atoms with Crippen LogP contribution in [0.3, 0.4) is 0 Å². The van der Waals surface area contributed by atoms with Crippen molar-refractivity contribution in [3.05, 3.63) is 12.7 Å². The van der Waals surface area contributed by atoms with Gasteiger partial charge in [0.25, 0.3) is 0 Å². The number of carbonyl (C=O) groups is 1. The summed E-state index contributed by atoms with van der Waals surface area (Å²) in [5, 5.41) is 9.74. The van der Waals surface area contributed by atoms with Gasteiger partial charge >= 0.3 is 0 Å². The summed E-state index contributed by atoms with van der Waals surface area (Å²) in [6.07, 6.45) is 4.37. The highest BCUT2D eigenvalue weighted by molar-refractivity contribution is 6.17. The lowest BCUT2D eigenvalue weighted by Gasteiger charge is -2.21. The molecule has 0 aromatic rings. The molecule has 3 heteroatoms. The number of aliphatic hydroxyl groups is 1. The Morgan fingerprint density at radius 1 is 1.50 bits per heavy atom. The van der Waals surface area contributed by atoms with E-state index in [1.165, 1.54) is 0 Å². The molecule has 82 valence electrons. The molecule has 0 rings (SSSR count). The molecule has 0 heterocycles. The third-order valence-corrected chi connectivity index (χ3v) is 2.71. The minimum atomic E-state index is -0.611. The van der Waals surface area contributed by atoms with Crippen LogP contribution in [0.2, 0.25) is 0 Å². The van der Waals surface area contributed by atoms with Gasteiger partial charge in [-0.3, -0.25) is 0 Å². The fourth-order valence-electron chi connectivity index (χ4n) is 1.32. The van der Waals surface area contributed by atoms with Crippen molar-refractivity contribution in [2.75, 3.05) is 5.88 Å². The molecule has 0 aromatic heterocycles. The van der Waals surface area contributed by atoms with Crippen molar-refractivity contribution in [3.63, 3.8) is 0 Å². The van der Waals surface area contributed by atoms with Crippen LogP contribution in [-0.4, -0.2) is 23.4 Å². The predicted octanol–water partition coefficient (Wildman–Crippen LogP) is 2.39. The normalized spacial score (nSPS) is 17.1. The van der Waals surface area contributed by atoms with Crippen LogP contribution in [-0.2, 0) is 4.79 Å². The number of carbonyl (C=O) groups excluding carboxylic acids is 1. The summed E-state index contributed by atoms with van der Waals surface area (Å²) in [5.74, 6) is 0.283. The van der Waals surface area contributed by atoms with Crippen molar-refractivity contribution in [1.29, 1.82) is 0 Å². The fraction of sp³-hybridized carbons (Fsp3) is 0.727. The molecule has 0 saturated carbocycles.